The molecule has 0 saturated carbocycles. The number of phenols is 1. The number of halogens is 1. The van der Waals surface area contributed by atoms with Crippen LogP contribution in [0.5, 0.6) is 5.75 Å². The van der Waals surface area contributed by atoms with Gasteiger partial charge in [0.15, 0.2) is 11.9 Å². The number of likely N-dealkylation sites (tertiary alicyclic amines) is 1. The topological polar surface area (TPSA) is 486 Å². The van der Waals surface area contributed by atoms with Crippen molar-refractivity contribution in [2.24, 2.45) is 33.1 Å². The molecular formula is C80H110FN19O13. The van der Waals surface area contributed by atoms with Crippen LogP contribution in [0.25, 0.3) is 21.7 Å². The first-order chi connectivity index (χ1) is 54.1. The summed E-state index contributed by atoms with van der Waals surface area (Å²) in [5.74, 6) is -9.58. The molecule has 5 aromatic carbocycles. The van der Waals surface area contributed by atoms with Gasteiger partial charge in [-0.05, 0) is 155 Å². The molecule has 32 nitrogen and oxygen atoms in total. The Bertz CT molecular complexity index is 4270. The van der Waals surface area contributed by atoms with Crippen LogP contribution in [0.2, 0.25) is 0 Å². The highest BCUT2D eigenvalue weighted by molar-refractivity contribution is 6.00. The number of hydrogen-bond acceptors (Lipinski definition) is 16. The minimum atomic E-state index is -1.86. The van der Waals surface area contributed by atoms with E-state index in [0.29, 0.717) is 65.0 Å². The standard InChI is InChI=1S/C80H110FN19O13/c1-7-85-80(88-36-16-37-99(5)6)87-34-13-12-21-60(70(105)94-62(39-48(2)3)71(106)93-61(22-14-35-86-79(83)84)78(113)100-38-15-23-68(100)77(112)90-46-69(82)104)92-73(108)64(42-51-27-32-57(103)33-28-51)96-76(111)67(47-101)98-75(110)66(44-55-45-89-59-20-11-10-19-58(55)59)97-74(109)65(41-50-25-30-56(81)31-26-50)95-72(107)63(91-49(4)102)43-52-24-29-53-17-8-9-18-54(53)40-52/h8-11,17-20,24-33,40,45,48,60-68,89,101,103H,7,12-16,21-23,34-39,41-44,46-47H2,1-6H3,(H2,82,104)(H,90,112)(H,91,102)(H,92,108)(H,93,106)(H,94,105)(H,95,107)(H,96,111)(H,97,109)(H,98,110)(H4,83,84,86)(H2,85,87,88)/t60-,61+,62+,63-,64+,65-,66-,67+,68+/m1/s1. The first-order valence-electron chi connectivity index (χ1n) is 38.2. The third-order valence-electron chi connectivity index (χ3n) is 18.9. The van der Waals surface area contributed by atoms with E-state index >= 15 is 19.2 Å². The molecule has 20 N–H and O–H groups in total. The number of unbranched alkanes of at least 4 members (excludes halogenated alkanes) is 1. The van der Waals surface area contributed by atoms with E-state index < -0.39 is 138 Å². The first-order valence-corrected chi connectivity index (χ1v) is 38.2. The van der Waals surface area contributed by atoms with Crippen molar-refractivity contribution in [2.75, 3.05) is 66.5 Å². The second-order valence-electron chi connectivity index (χ2n) is 28.8. The van der Waals surface area contributed by atoms with Gasteiger partial charge >= 0.3 is 0 Å². The number of H-pyrrole nitrogens is 1. The molecule has 0 unspecified atom stereocenters. The number of nitrogens with one attached hydrogen (secondary N) is 12. The number of carbonyl (C=O) groups is 11. The van der Waals surface area contributed by atoms with Crippen LogP contribution in [0, 0.1) is 11.7 Å². The van der Waals surface area contributed by atoms with Gasteiger partial charge < -0.3 is 101 Å². The van der Waals surface area contributed by atoms with Crippen molar-refractivity contribution in [1.29, 1.82) is 0 Å². The molecule has 33 heteroatoms. The fraction of sp³-hybridized carbons (Fsp3) is 0.463. The largest absolute Gasteiger partial charge is 0.508 e. The van der Waals surface area contributed by atoms with E-state index in [-0.39, 0.29) is 101 Å². The number of rotatable bonds is 44. The summed E-state index contributed by atoms with van der Waals surface area (Å²) in [6, 6.07) is 18.3. The van der Waals surface area contributed by atoms with Crippen LogP contribution in [0.4, 0.5) is 4.39 Å². The molecule has 6 aromatic rings. The van der Waals surface area contributed by atoms with Crippen molar-refractivity contribution in [3.05, 3.63) is 150 Å². The molecule has 0 spiro atoms. The normalized spacial score (nSPS) is 14.9. The second kappa shape index (κ2) is 44.9. The molecule has 2 heterocycles. The molecule has 1 aliphatic rings. The highest BCUT2D eigenvalue weighted by Gasteiger charge is 2.40. The van der Waals surface area contributed by atoms with Crippen molar-refractivity contribution in [2.45, 2.75) is 166 Å². The maximum Gasteiger partial charge on any atom is 0.245 e. The Morgan fingerprint density at radius 1 is 0.584 bits per heavy atom. The van der Waals surface area contributed by atoms with E-state index in [4.69, 9.17) is 22.2 Å². The molecular weight excluding hydrogens is 1450 g/mol. The van der Waals surface area contributed by atoms with Crippen molar-refractivity contribution >= 4 is 98.6 Å². The number of phenolic OH excluding ortho intramolecular Hbond substituents is 1. The summed E-state index contributed by atoms with van der Waals surface area (Å²) in [5.41, 5.74) is 19.2. The third kappa shape index (κ3) is 29.1. The van der Waals surface area contributed by atoms with Crippen molar-refractivity contribution < 1.29 is 67.3 Å². The second-order valence-corrected chi connectivity index (χ2v) is 28.8. The summed E-state index contributed by atoms with van der Waals surface area (Å²) in [6.07, 6.45) is 3.08. The average Bonchev–Trinajstić information content (AvgIpc) is 1.66. The zero-order chi connectivity index (χ0) is 82.1. The Balaban J connectivity index is 1.18. The van der Waals surface area contributed by atoms with Crippen LogP contribution in [0.3, 0.4) is 0 Å². The highest BCUT2D eigenvalue weighted by atomic mass is 19.1. The summed E-state index contributed by atoms with van der Waals surface area (Å²) in [7, 11) is 3.95. The molecule has 113 heavy (non-hydrogen) atoms. The SMILES string of the molecule is CCNC(=NCCCC[C@@H](NC(=O)[C@H](Cc1ccc(O)cc1)NC(=O)[C@H](CO)NC(=O)[C@@H](Cc1c[nH]c2ccccc12)NC(=O)[C@@H](Cc1ccc(F)cc1)NC(=O)[C@@H](Cc1ccc2ccccc2c1)NC(C)=O)C(=O)N[C@@H](CC(C)C)C(=O)N[C@@H](CCCN=C(N)N)C(=O)N1CCC[C@H]1C(=O)NCC(N)=O)NCCCN(C)C. The number of guanidine groups is 2. The summed E-state index contributed by atoms with van der Waals surface area (Å²) in [5, 5.41) is 54.8. The van der Waals surface area contributed by atoms with E-state index in [0.717, 1.165) is 23.7 Å². The molecule has 11 amide bonds. The molecule has 610 valence electrons. The van der Waals surface area contributed by atoms with Crippen LogP contribution in [0.1, 0.15) is 108 Å². The number of nitrogens with two attached hydrogens (primary N) is 3. The number of aromatic hydroxyl groups is 1. The maximum absolute atomic E-state index is 15.2. The van der Waals surface area contributed by atoms with E-state index in [1.165, 1.54) is 60.4 Å². The van der Waals surface area contributed by atoms with Gasteiger partial charge in [-0.3, -0.25) is 62.7 Å². The number of hydrogen-bond donors (Lipinski definition) is 17. The van der Waals surface area contributed by atoms with E-state index in [1.807, 2.05) is 63.5 Å². The van der Waals surface area contributed by atoms with E-state index in [9.17, 15) is 48.2 Å². The molecule has 1 aromatic heterocycles. The molecule has 7 rings (SSSR count). The zero-order valence-electron chi connectivity index (χ0n) is 65.0. The van der Waals surface area contributed by atoms with Crippen LogP contribution in [0.15, 0.2) is 131 Å². The van der Waals surface area contributed by atoms with Crippen molar-refractivity contribution in [3.8, 4) is 5.75 Å². The molecule has 0 radical (unpaired) electrons. The maximum atomic E-state index is 15.2. The van der Waals surface area contributed by atoms with Crippen molar-refractivity contribution in [1.82, 2.24) is 73.3 Å². The predicted molar refractivity (Wildman–Crippen MR) is 427 cm³/mol. The van der Waals surface area contributed by atoms with Gasteiger partial charge in [0.1, 0.15) is 65.9 Å². The number of aliphatic hydroxyl groups is 1. The van der Waals surface area contributed by atoms with Gasteiger partial charge in [-0.2, -0.15) is 0 Å². The summed E-state index contributed by atoms with van der Waals surface area (Å²) in [6.45, 7) is 7.73. The number of amides is 11. The Morgan fingerprint density at radius 2 is 1.12 bits per heavy atom. The first kappa shape index (κ1) is 88.5. The molecule has 0 bridgehead atoms. The lowest BCUT2D eigenvalue weighted by Gasteiger charge is -2.30. The lowest BCUT2D eigenvalue weighted by Crippen LogP contribution is -2.61. The zero-order valence-corrected chi connectivity index (χ0v) is 65.0. The molecule has 0 aliphatic carbocycles. The number of aromatic amines is 1. The number of aromatic nitrogens is 1. The van der Waals surface area contributed by atoms with Gasteiger partial charge in [-0.1, -0.05) is 98.8 Å². The van der Waals surface area contributed by atoms with Crippen LogP contribution in [-0.4, -0.2) is 223 Å². The molecule has 1 aliphatic heterocycles. The summed E-state index contributed by atoms with van der Waals surface area (Å²) >= 11 is 0. The van der Waals surface area contributed by atoms with Gasteiger partial charge in [-0.25, -0.2) is 4.39 Å². The fourth-order valence-electron chi connectivity index (χ4n) is 13.2. The Hall–Kier alpha value is -11.7. The molecule has 1 saturated heterocycles. The quantitative estimate of drug-likeness (QED) is 0.0142. The Morgan fingerprint density at radius 3 is 1.73 bits per heavy atom. The van der Waals surface area contributed by atoms with E-state index in [1.54, 1.807) is 44.3 Å². The number of fused-ring (bicyclic) bond motifs is 2. The lowest BCUT2D eigenvalue weighted by molar-refractivity contribution is -0.142. The number of nitrogens with zero attached hydrogens (tertiary/aromatic N) is 4. The molecule has 1 fully saturated rings. The smallest absolute Gasteiger partial charge is 0.245 e. The Kier molecular flexibility index (Phi) is 35.2. The lowest BCUT2D eigenvalue weighted by atomic mass is 9.99. The van der Waals surface area contributed by atoms with Gasteiger partial charge in [0, 0.05) is 82.4 Å². The van der Waals surface area contributed by atoms with Crippen LogP contribution >= 0.6 is 0 Å². The van der Waals surface area contributed by atoms with Crippen molar-refractivity contribution in [3.63, 3.8) is 0 Å². The number of para-hydroxylation sites is 1. The predicted octanol–water partition coefficient (Wildman–Crippen LogP) is 0.696. The third-order valence-corrected chi connectivity index (χ3v) is 18.9. The number of primary amides is 1. The van der Waals surface area contributed by atoms with E-state index in [2.05, 4.69) is 73.4 Å². The summed E-state index contributed by atoms with van der Waals surface area (Å²) in [4.78, 5) is 172. The van der Waals surface area contributed by atoms with Gasteiger partial charge in [0.2, 0.25) is 65.0 Å². The fourth-order valence-corrected chi connectivity index (χ4v) is 13.2. The number of aliphatic hydroxyl groups excluding tert-OH is 1. The van der Waals surface area contributed by atoms with Gasteiger partial charge in [-0.15, -0.1) is 0 Å². The van der Waals surface area contributed by atoms with Gasteiger partial charge in [0.25, 0.3) is 0 Å². The molecule has 9 atom stereocenters. The summed E-state index contributed by atoms with van der Waals surface area (Å²) < 4.78 is 14.4. The minimum Gasteiger partial charge on any atom is -0.508 e. The number of aliphatic imine (C=N–C) groups is 2. The Labute approximate surface area is 656 Å². The minimum absolute atomic E-state index is 0.00127. The average molecular weight is 1560 g/mol. The monoisotopic (exact) mass is 1560 g/mol. The number of carbonyl (C=O) groups excluding carboxylic acids is 11. The number of benzene rings is 5. The highest BCUT2D eigenvalue weighted by Crippen LogP contribution is 2.24. The van der Waals surface area contributed by atoms with Crippen LogP contribution < -0.4 is 75.7 Å². The van der Waals surface area contributed by atoms with Crippen LogP contribution in [-0.2, 0) is 78.4 Å². The van der Waals surface area contributed by atoms with Gasteiger partial charge in [0.05, 0.1) is 13.2 Å².